The largest absolute Gasteiger partial charge is 0.508 e. The van der Waals surface area contributed by atoms with Crippen molar-refractivity contribution in [2.75, 3.05) is 12.4 Å². The summed E-state index contributed by atoms with van der Waals surface area (Å²) in [5.74, 6) is 0.00418. The van der Waals surface area contributed by atoms with Crippen molar-refractivity contribution >= 4 is 38.8 Å². The molecule has 0 unspecified atom stereocenters. The molecule has 2 aromatic carbocycles. The molecule has 106 valence electrons. The fourth-order valence-corrected chi connectivity index (χ4v) is 2.82. The number of carbonyl (C=O) groups is 1. The quantitative estimate of drug-likeness (QED) is 0.733. The minimum absolute atomic E-state index is 0.157. The van der Waals surface area contributed by atoms with Gasteiger partial charge in [-0.2, -0.15) is 0 Å². The Morgan fingerprint density at radius 2 is 2.05 bits per heavy atom. The van der Waals surface area contributed by atoms with Crippen LogP contribution in [0.1, 0.15) is 11.1 Å². The predicted molar refractivity (Wildman–Crippen MR) is 86.8 cm³/mol. The molecule has 3 N–H and O–H groups in total. The lowest BCUT2D eigenvalue weighted by Crippen LogP contribution is -2.13. The Morgan fingerprint density at radius 1 is 1.24 bits per heavy atom. The molecule has 21 heavy (non-hydrogen) atoms. The Morgan fingerprint density at radius 3 is 2.76 bits per heavy atom. The second-order valence-electron chi connectivity index (χ2n) is 4.69. The van der Waals surface area contributed by atoms with Crippen molar-refractivity contribution in [2.45, 2.75) is 0 Å². The van der Waals surface area contributed by atoms with Crippen molar-refractivity contribution in [3.05, 3.63) is 58.1 Å². The number of benzene rings is 2. The molecule has 0 aromatic heterocycles. The van der Waals surface area contributed by atoms with Crippen molar-refractivity contribution < 1.29 is 9.90 Å². The molecule has 0 bridgehead atoms. The zero-order chi connectivity index (χ0) is 15.0. The number of fused-ring (bicyclic) bond motifs is 1. The highest BCUT2D eigenvalue weighted by atomic mass is 79.9. The van der Waals surface area contributed by atoms with Crippen molar-refractivity contribution in [2.24, 2.45) is 0 Å². The summed E-state index contributed by atoms with van der Waals surface area (Å²) in [6.45, 7) is 0. The van der Waals surface area contributed by atoms with Crippen molar-refractivity contribution in [1.82, 2.24) is 5.32 Å². The van der Waals surface area contributed by atoms with Gasteiger partial charge in [-0.25, -0.2) is 0 Å². The summed E-state index contributed by atoms with van der Waals surface area (Å²) >= 11 is 3.43. The van der Waals surface area contributed by atoms with Crippen molar-refractivity contribution in [3.63, 3.8) is 0 Å². The molecule has 2 aromatic rings. The standard InChI is InChI=1S/C16H13BrN2O2/c1-18-15(9-3-2-4-11(20)7-9)14-12-8-10(17)5-6-13(12)19-16(14)21/h2-8,18,20H,1H3,(H,19,21)/b15-14-. The summed E-state index contributed by atoms with van der Waals surface area (Å²) in [6, 6.07) is 12.5. The molecule has 4 nitrogen and oxygen atoms in total. The molecule has 3 rings (SSSR count). The van der Waals surface area contributed by atoms with E-state index in [1.165, 1.54) is 0 Å². The predicted octanol–water partition coefficient (Wildman–Crippen LogP) is 3.19. The number of carbonyl (C=O) groups excluding carboxylic acids is 1. The van der Waals surface area contributed by atoms with E-state index < -0.39 is 0 Å². The summed E-state index contributed by atoms with van der Waals surface area (Å²) in [6.07, 6.45) is 0. The van der Waals surface area contributed by atoms with Crippen molar-refractivity contribution in [3.8, 4) is 5.75 Å². The molecule has 0 aliphatic carbocycles. The number of phenols is 1. The second-order valence-corrected chi connectivity index (χ2v) is 5.61. The number of amides is 1. The Labute approximate surface area is 130 Å². The highest BCUT2D eigenvalue weighted by Gasteiger charge is 2.28. The van der Waals surface area contributed by atoms with Crippen LogP contribution < -0.4 is 10.6 Å². The van der Waals surface area contributed by atoms with E-state index in [-0.39, 0.29) is 11.7 Å². The normalized spacial score (nSPS) is 15.4. The van der Waals surface area contributed by atoms with Crippen LogP contribution >= 0.6 is 15.9 Å². The first-order valence-electron chi connectivity index (χ1n) is 6.43. The van der Waals surface area contributed by atoms with Gasteiger partial charge in [0.05, 0.1) is 11.3 Å². The topological polar surface area (TPSA) is 61.4 Å². The van der Waals surface area contributed by atoms with Gasteiger partial charge in [0.25, 0.3) is 5.91 Å². The Bertz CT molecular complexity index is 769. The fraction of sp³-hybridized carbons (Fsp3) is 0.0625. The maximum Gasteiger partial charge on any atom is 0.258 e. The van der Waals surface area contributed by atoms with Gasteiger partial charge in [-0.05, 0) is 30.3 Å². The van der Waals surface area contributed by atoms with Crippen LogP contribution in [0.25, 0.3) is 11.3 Å². The monoisotopic (exact) mass is 344 g/mol. The lowest BCUT2D eigenvalue weighted by atomic mass is 10.0. The summed E-state index contributed by atoms with van der Waals surface area (Å²) in [5.41, 5.74) is 3.63. The van der Waals surface area contributed by atoms with E-state index >= 15 is 0 Å². The van der Waals surface area contributed by atoms with E-state index in [9.17, 15) is 9.90 Å². The molecule has 5 heteroatoms. The third-order valence-corrected chi connectivity index (χ3v) is 3.85. The summed E-state index contributed by atoms with van der Waals surface area (Å²) in [4.78, 5) is 12.3. The van der Waals surface area contributed by atoms with E-state index in [0.29, 0.717) is 11.3 Å². The van der Waals surface area contributed by atoms with Gasteiger partial charge in [-0.15, -0.1) is 0 Å². The van der Waals surface area contributed by atoms with Gasteiger partial charge in [0, 0.05) is 28.3 Å². The number of aromatic hydroxyl groups is 1. The third-order valence-electron chi connectivity index (χ3n) is 3.36. The van der Waals surface area contributed by atoms with E-state index in [0.717, 1.165) is 21.3 Å². The summed E-state index contributed by atoms with van der Waals surface area (Å²) in [7, 11) is 1.76. The van der Waals surface area contributed by atoms with Crippen LogP contribution in [0.15, 0.2) is 46.9 Å². The van der Waals surface area contributed by atoms with Gasteiger partial charge in [-0.3, -0.25) is 4.79 Å². The highest BCUT2D eigenvalue weighted by Crippen LogP contribution is 2.37. The fourth-order valence-electron chi connectivity index (χ4n) is 2.46. The zero-order valence-corrected chi connectivity index (χ0v) is 12.9. The van der Waals surface area contributed by atoms with Gasteiger partial charge < -0.3 is 15.7 Å². The first kappa shape index (κ1) is 13.7. The van der Waals surface area contributed by atoms with Crippen LogP contribution in [0.3, 0.4) is 0 Å². The molecule has 0 atom stereocenters. The van der Waals surface area contributed by atoms with E-state index in [1.807, 2.05) is 24.3 Å². The number of halogens is 1. The van der Waals surface area contributed by atoms with Crippen LogP contribution in [-0.4, -0.2) is 18.1 Å². The molecule has 0 spiro atoms. The maximum absolute atomic E-state index is 12.3. The zero-order valence-electron chi connectivity index (χ0n) is 11.3. The van der Waals surface area contributed by atoms with Crippen LogP contribution in [-0.2, 0) is 4.79 Å². The van der Waals surface area contributed by atoms with Gasteiger partial charge in [0.1, 0.15) is 5.75 Å². The molecule has 0 fully saturated rings. The molecule has 1 aliphatic rings. The van der Waals surface area contributed by atoms with Crippen LogP contribution in [0.4, 0.5) is 5.69 Å². The SMILES string of the molecule is CN/C(=C1\C(=O)Nc2ccc(Br)cc21)c1cccc(O)c1. The maximum atomic E-state index is 12.3. The highest BCUT2D eigenvalue weighted by molar-refractivity contribution is 9.10. The number of rotatable bonds is 2. The number of phenolic OH excluding ortho intramolecular Hbond substituents is 1. The number of nitrogens with one attached hydrogen (secondary N) is 2. The van der Waals surface area contributed by atoms with Crippen molar-refractivity contribution in [1.29, 1.82) is 0 Å². The Hall–Kier alpha value is -2.27. The third kappa shape index (κ3) is 2.40. The molecule has 1 amide bonds. The lowest BCUT2D eigenvalue weighted by Gasteiger charge is -2.11. The smallest absolute Gasteiger partial charge is 0.258 e. The molecule has 0 radical (unpaired) electrons. The average molecular weight is 345 g/mol. The number of hydrogen-bond acceptors (Lipinski definition) is 3. The number of anilines is 1. The van der Waals surface area contributed by atoms with Crippen LogP contribution in [0.2, 0.25) is 0 Å². The van der Waals surface area contributed by atoms with E-state index in [2.05, 4.69) is 26.6 Å². The molecule has 1 heterocycles. The first-order valence-corrected chi connectivity index (χ1v) is 7.22. The van der Waals surface area contributed by atoms with Gasteiger partial charge in [0.2, 0.25) is 0 Å². The molecular weight excluding hydrogens is 332 g/mol. The molecule has 1 aliphatic heterocycles. The van der Waals surface area contributed by atoms with Crippen LogP contribution in [0, 0.1) is 0 Å². The first-order chi connectivity index (χ1) is 10.1. The van der Waals surface area contributed by atoms with Gasteiger partial charge in [-0.1, -0.05) is 28.1 Å². The van der Waals surface area contributed by atoms with Crippen LogP contribution in [0.5, 0.6) is 5.75 Å². The Kier molecular flexibility index (Phi) is 3.43. The summed E-state index contributed by atoms with van der Waals surface area (Å²) in [5, 5.41) is 15.6. The number of hydrogen-bond donors (Lipinski definition) is 3. The Balaban J connectivity index is 2.25. The minimum Gasteiger partial charge on any atom is -0.508 e. The van der Waals surface area contributed by atoms with E-state index in [4.69, 9.17) is 0 Å². The average Bonchev–Trinajstić information content (AvgIpc) is 2.76. The second kappa shape index (κ2) is 5.26. The van der Waals surface area contributed by atoms with E-state index in [1.54, 1.807) is 25.2 Å². The molecular formula is C16H13BrN2O2. The lowest BCUT2D eigenvalue weighted by molar-refractivity contribution is -0.110. The minimum atomic E-state index is -0.157. The summed E-state index contributed by atoms with van der Waals surface area (Å²) < 4.78 is 0.904. The van der Waals surface area contributed by atoms with Gasteiger partial charge in [0.15, 0.2) is 0 Å². The van der Waals surface area contributed by atoms with Gasteiger partial charge >= 0.3 is 0 Å². The molecule has 0 saturated heterocycles. The molecule has 0 saturated carbocycles.